The van der Waals surface area contributed by atoms with Crippen LogP contribution in [0.4, 0.5) is 0 Å². The summed E-state index contributed by atoms with van der Waals surface area (Å²) in [6.07, 6.45) is 7.68. The van der Waals surface area contributed by atoms with Crippen molar-refractivity contribution in [3.8, 4) is 0 Å². The third-order valence-corrected chi connectivity index (χ3v) is 6.61. The van der Waals surface area contributed by atoms with Crippen LogP contribution in [0, 0.1) is 0 Å². The fraction of sp³-hybridized carbons (Fsp3) is 0.550. The molecule has 0 bridgehead atoms. The van der Waals surface area contributed by atoms with Gasteiger partial charge in [0, 0.05) is 17.6 Å². The Morgan fingerprint density at radius 1 is 1.24 bits per heavy atom. The molecule has 1 saturated carbocycles. The van der Waals surface area contributed by atoms with Gasteiger partial charge in [0.2, 0.25) is 0 Å². The van der Waals surface area contributed by atoms with Gasteiger partial charge in [-0.25, -0.2) is 9.67 Å². The predicted octanol–water partition coefficient (Wildman–Crippen LogP) is 4.63. The second-order valence-corrected chi connectivity index (χ2v) is 8.86. The number of benzene rings is 1. The molecule has 0 unspecified atom stereocenters. The van der Waals surface area contributed by atoms with Crippen LogP contribution in [-0.4, -0.2) is 29.8 Å². The van der Waals surface area contributed by atoms with E-state index in [4.69, 9.17) is 16.6 Å². The molecule has 1 aliphatic carbocycles. The Labute approximate surface area is 178 Å². The monoisotopic (exact) mass is 432 g/mol. The summed E-state index contributed by atoms with van der Waals surface area (Å²) in [5.74, 6) is 1.38. The van der Waals surface area contributed by atoms with Gasteiger partial charge in [-0.05, 0) is 47.9 Å². The number of rotatable bonds is 7. The zero-order valence-corrected chi connectivity index (χ0v) is 18.1. The normalized spacial score (nSPS) is 15.2. The smallest absolute Gasteiger partial charge is 0.262 e. The number of tetrazole rings is 1. The van der Waals surface area contributed by atoms with Crippen LogP contribution >= 0.6 is 23.4 Å². The van der Waals surface area contributed by atoms with Crippen LogP contribution in [0.15, 0.2) is 28.2 Å². The van der Waals surface area contributed by atoms with E-state index in [1.54, 1.807) is 18.2 Å². The van der Waals surface area contributed by atoms with Crippen LogP contribution in [0.25, 0.3) is 10.9 Å². The number of unbranched alkanes of at least 4 members (excludes halogenated alkanes) is 1. The maximum atomic E-state index is 13.4. The molecule has 7 nitrogen and oxygen atoms in total. The van der Waals surface area contributed by atoms with Crippen LogP contribution in [0.2, 0.25) is 5.02 Å². The Kier molecular flexibility index (Phi) is 6.50. The van der Waals surface area contributed by atoms with Crippen molar-refractivity contribution in [3.05, 3.63) is 39.4 Å². The number of hydrogen-bond acceptors (Lipinski definition) is 6. The number of hydrogen-bond donors (Lipinski definition) is 0. The van der Waals surface area contributed by atoms with Crippen LogP contribution in [-0.2, 0) is 12.3 Å². The van der Waals surface area contributed by atoms with Gasteiger partial charge in [0.25, 0.3) is 5.56 Å². The first-order valence-electron chi connectivity index (χ1n) is 10.3. The van der Waals surface area contributed by atoms with E-state index in [0.29, 0.717) is 21.7 Å². The summed E-state index contributed by atoms with van der Waals surface area (Å²) in [5, 5.41) is 14.0. The zero-order valence-electron chi connectivity index (χ0n) is 16.6. The number of fused-ring (bicyclic) bond motifs is 1. The number of nitrogens with zero attached hydrogens (tertiary/aromatic N) is 6. The van der Waals surface area contributed by atoms with Gasteiger partial charge in [0.1, 0.15) is 0 Å². The van der Waals surface area contributed by atoms with Gasteiger partial charge in [0.05, 0.1) is 16.7 Å². The largest absolute Gasteiger partial charge is 0.284 e. The average Bonchev–Trinajstić information content (AvgIpc) is 3.18. The Morgan fingerprint density at radius 3 is 2.86 bits per heavy atom. The minimum Gasteiger partial charge on any atom is -0.284 e. The standard InChI is InChI=1S/C20H25ClN6OS/c1-2-3-11-26-18(23-24-25-26)13-29-20-22-17-12-14(21)9-10-16(17)19(28)27(20)15-7-5-4-6-8-15/h9-10,12,15H,2-8,11,13H2,1H3. The Balaban J connectivity index is 1.70. The molecule has 29 heavy (non-hydrogen) atoms. The van der Waals surface area contributed by atoms with E-state index in [2.05, 4.69) is 22.4 Å². The molecule has 1 aromatic carbocycles. The average molecular weight is 433 g/mol. The molecule has 9 heteroatoms. The molecule has 0 N–H and O–H groups in total. The van der Waals surface area contributed by atoms with E-state index in [1.807, 2.05) is 9.25 Å². The van der Waals surface area contributed by atoms with Gasteiger partial charge in [0.15, 0.2) is 11.0 Å². The molecule has 0 atom stereocenters. The maximum absolute atomic E-state index is 13.4. The van der Waals surface area contributed by atoms with Crippen molar-refractivity contribution in [1.82, 2.24) is 29.8 Å². The summed E-state index contributed by atoms with van der Waals surface area (Å²) < 4.78 is 3.75. The van der Waals surface area contributed by atoms with Gasteiger partial charge < -0.3 is 0 Å². The number of halogens is 1. The summed E-state index contributed by atoms with van der Waals surface area (Å²) in [6.45, 7) is 2.95. The molecule has 0 spiro atoms. The molecule has 1 fully saturated rings. The Morgan fingerprint density at radius 2 is 2.07 bits per heavy atom. The van der Waals surface area contributed by atoms with Crippen molar-refractivity contribution < 1.29 is 0 Å². The summed E-state index contributed by atoms with van der Waals surface area (Å²) in [4.78, 5) is 18.2. The lowest BCUT2D eigenvalue weighted by atomic mass is 9.95. The third kappa shape index (κ3) is 4.48. The molecule has 0 saturated heterocycles. The highest BCUT2D eigenvalue weighted by molar-refractivity contribution is 7.98. The van der Waals surface area contributed by atoms with E-state index in [1.165, 1.54) is 18.2 Å². The number of aromatic nitrogens is 6. The first kappa shape index (κ1) is 20.3. The molecule has 154 valence electrons. The summed E-state index contributed by atoms with van der Waals surface area (Å²) in [5.41, 5.74) is 0.661. The van der Waals surface area contributed by atoms with E-state index >= 15 is 0 Å². The van der Waals surface area contributed by atoms with E-state index in [-0.39, 0.29) is 11.6 Å². The van der Waals surface area contributed by atoms with Gasteiger partial charge in [-0.2, -0.15) is 0 Å². The van der Waals surface area contributed by atoms with Crippen LogP contribution < -0.4 is 5.56 Å². The second kappa shape index (κ2) is 9.26. The molecule has 0 radical (unpaired) electrons. The van der Waals surface area contributed by atoms with E-state index < -0.39 is 0 Å². The van der Waals surface area contributed by atoms with Crippen LogP contribution in [0.5, 0.6) is 0 Å². The molecule has 4 rings (SSSR count). The molecule has 3 aromatic rings. The fourth-order valence-corrected chi connectivity index (χ4v) is 5.02. The fourth-order valence-electron chi connectivity index (χ4n) is 3.85. The quantitative estimate of drug-likeness (QED) is 0.400. The third-order valence-electron chi connectivity index (χ3n) is 5.43. The highest BCUT2D eigenvalue weighted by atomic mass is 35.5. The minimum absolute atomic E-state index is 0.0200. The van der Waals surface area contributed by atoms with Crippen LogP contribution in [0.3, 0.4) is 0 Å². The van der Waals surface area contributed by atoms with Crippen molar-refractivity contribution in [1.29, 1.82) is 0 Å². The number of aryl methyl sites for hydroxylation is 1. The van der Waals surface area contributed by atoms with Gasteiger partial charge in [-0.15, -0.1) is 5.10 Å². The summed E-state index contributed by atoms with van der Waals surface area (Å²) in [6, 6.07) is 5.50. The maximum Gasteiger partial charge on any atom is 0.262 e. The first-order valence-corrected chi connectivity index (χ1v) is 11.6. The summed E-state index contributed by atoms with van der Waals surface area (Å²) in [7, 11) is 0. The van der Waals surface area contributed by atoms with Crippen molar-refractivity contribution in [2.45, 2.75) is 75.4 Å². The Hall–Kier alpha value is -1.93. The number of thioether (sulfide) groups is 1. The van der Waals surface area contributed by atoms with Crippen molar-refractivity contribution in [2.75, 3.05) is 0 Å². The molecule has 2 heterocycles. The lowest BCUT2D eigenvalue weighted by Gasteiger charge is -2.26. The summed E-state index contributed by atoms with van der Waals surface area (Å²) >= 11 is 7.68. The van der Waals surface area contributed by atoms with Crippen molar-refractivity contribution >= 4 is 34.3 Å². The molecule has 0 amide bonds. The van der Waals surface area contributed by atoms with Crippen molar-refractivity contribution in [3.63, 3.8) is 0 Å². The molecule has 2 aromatic heterocycles. The predicted molar refractivity (Wildman–Crippen MR) is 115 cm³/mol. The molecular formula is C20H25ClN6OS. The van der Waals surface area contributed by atoms with Gasteiger partial charge in [-0.1, -0.05) is 56.0 Å². The molecular weight excluding hydrogens is 408 g/mol. The first-order chi connectivity index (χ1) is 14.2. The Bertz CT molecular complexity index is 1040. The second-order valence-electron chi connectivity index (χ2n) is 7.48. The lowest BCUT2D eigenvalue weighted by molar-refractivity contribution is 0.326. The van der Waals surface area contributed by atoms with Gasteiger partial charge in [-0.3, -0.25) is 9.36 Å². The highest BCUT2D eigenvalue weighted by Crippen LogP contribution is 2.32. The van der Waals surface area contributed by atoms with E-state index in [9.17, 15) is 4.79 Å². The minimum atomic E-state index is 0.0200. The lowest BCUT2D eigenvalue weighted by Crippen LogP contribution is -2.29. The van der Waals surface area contributed by atoms with Gasteiger partial charge >= 0.3 is 0 Å². The molecule has 0 aliphatic heterocycles. The van der Waals surface area contributed by atoms with Crippen molar-refractivity contribution in [2.24, 2.45) is 0 Å². The topological polar surface area (TPSA) is 78.5 Å². The van der Waals surface area contributed by atoms with Crippen LogP contribution in [0.1, 0.15) is 63.7 Å². The molecule has 1 aliphatic rings. The van der Waals surface area contributed by atoms with E-state index in [0.717, 1.165) is 56.1 Å². The SMILES string of the molecule is CCCCn1nnnc1CSc1nc2cc(Cl)ccc2c(=O)n1C1CCCCC1. The zero-order chi connectivity index (χ0) is 20.2. The highest BCUT2D eigenvalue weighted by Gasteiger charge is 2.22.